The summed E-state index contributed by atoms with van der Waals surface area (Å²) in [6, 6.07) is 7.18. The van der Waals surface area contributed by atoms with Gasteiger partial charge >= 0.3 is 6.36 Å². The number of alkyl halides is 3. The SMILES string of the molecule is N#CCCCC/C(N)=C/C=C(\N)NC(=O)Cc1cccc(OC(F)(F)F)c1. The summed E-state index contributed by atoms with van der Waals surface area (Å²) >= 11 is 0. The smallest absolute Gasteiger partial charge is 0.406 e. The number of rotatable bonds is 9. The number of carbonyl (C=O) groups is 1. The first kappa shape index (κ1) is 21.9. The lowest BCUT2D eigenvalue weighted by Gasteiger charge is -2.10. The minimum Gasteiger partial charge on any atom is -0.406 e. The lowest BCUT2D eigenvalue weighted by molar-refractivity contribution is -0.274. The summed E-state index contributed by atoms with van der Waals surface area (Å²) in [5.41, 5.74) is 12.4. The van der Waals surface area contributed by atoms with Gasteiger partial charge in [-0.15, -0.1) is 13.2 Å². The van der Waals surface area contributed by atoms with Crippen LogP contribution in [0.15, 0.2) is 47.9 Å². The van der Waals surface area contributed by atoms with Gasteiger partial charge in [0.15, 0.2) is 0 Å². The Kier molecular flexibility index (Phi) is 8.72. The summed E-state index contributed by atoms with van der Waals surface area (Å²) in [5.74, 6) is -0.833. The molecule has 0 radical (unpaired) electrons. The molecular formula is C18H21F3N4O2. The third kappa shape index (κ3) is 10.4. The van der Waals surface area contributed by atoms with Gasteiger partial charge in [0.25, 0.3) is 0 Å². The lowest BCUT2D eigenvalue weighted by atomic mass is 10.1. The Balaban J connectivity index is 2.54. The highest BCUT2D eigenvalue weighted by molar-refractivity contribution is 5.80. The molecule has 0 fully saturated rings. The number of benzene rings is 1. The van der Waals surface area contributed by atoms with E-state index in [0.717, 1.165) is 25.0 Å². The van der Waals surface area contributed by atoms with Crippen molar-refractivity contribution < 1.29 is 22.7 Å². The van der Waals surface area contributed by atoms with Gasteiger partial charge in [0, 0.05) is 12.1 Å². The number of unbranched alkanes of at least 4 members (excludes halogenated alkanes) is 2. The maximum absolute atomic E-state index is 12.2. The van der Waals surface area contributed by atoms with Crippen LogP contribution in [0.25, 0.3) is 0 Å². The zero-order valence-corrected chi connectivity index (χ0v) is 14.6. The third-order valence-corrected chi connectivity index (χ3v) is 3.26. The number of halogens is 3. The molecule has 0 aliphatic carbocycles. The van der Waals surface area contributed by atoms with Crippen molar-refractivity contribution in [1.82, 2.24) is 5.32 Å². The molecule has 6 nitrogen and oxygen atoms in total. The minimum atomic E-state index is -4.80. The summed E-state index contributed by atoms with van der Waals surface area (Å²) in [5, 5.41) is 10.9. The number of nitrogens with two attached hydrogens (primary N) is 2. The van der Waals surface area contributed by atoms with E-state index >= 15 is 0 Å². The Hall–Kier alpha value is -3.15. The molecule has 9 heteroatoms. The molecule has 0 bridgehead atoms. The van der Waals surface area contributed by atoms with Crippen LogP contribution in [0.1, 0.15) is 31.2 Å². The predicted molar refractivity (Wildman–Crippen MR) is 93.6 cm³/mol. The fraction of sp³-hybridized carbons (Fsp3) is 0.333. The largest absolute Gasteiger partial charge is 0.573 e. The first-order chi connectivity index (χ1) is 12.7. The topological polar surface area (TPSA) is 114 Å². The van der Waals surface area contributed by atoms with Crippen LogP contribution < -0.4 is 21.5 Å². The molecule has 1 aromatic carbocycles. The van der Waals surface area contributed by atoms with E-state index in [2.05, 4.69) is 10.1 Å². The first-order valence-electron chi connectivity index (χ1n) is 8.13. The molecule has 1 rings (SSSR count). The van der Waals surface area contributed by atoms with Crippen molar-refractivity contribution in [3.63, 3.8) is 0 Å². The van der Waals surface area contributed by atoms with Crippen LogP contribution in [0.2, 0.25) is 0 Å². The summed E-state index contributed by atoms with van der Waals surface area (Å²) in [4.78, 5) is 11.9. The lowest BCUT2D eigenvalue weighted by Crippen LogP contribution is -2.28. The van der Waals surface area contributed by atoms with Crippen LogP contribution in [-0.4, -0.2) is 12.3 Å². The summed E-state index contributed by atoms with van der Waals surface area (Å²) < 4.78 is 40.5. The van der Waals surface area contributed by atoms with Crippen LogP contribution in [0.5, 0.6) is 5.75 Å². The van der Waals surface area contributed by atoms with Crippen molar-refractivity contribution >= 4 is 5.91 Å². The fourth-order valence-corrected chi connectivity index (χ4v) is 2.10. The van der Waals surface area contributed by atoms with Crippen molar-refractivity contribution in [2.45, 2.75) is 38.5 Å². The quantitative estimate of drug-likeness (QED) is 0.449. The van der Waals surface area contributed by atoms with Gasteiger partial charge < -0.3 is 21.5 Å². The highest BCUT2D eigenvalue weighted by Crippen LogP contribution is 2.23. The average molecular weight is 382 g/mol. The van der Waals surface area contributed by atoms with E-state index in [1.165, 1.54) is 18.2 Å². The number of nitrogens with zero attached hydrogens (tertiary/aromatic N) is 1. The number of hydrogen-bond acceptors (Lipinski definition) is 5. The molecule has 1 amide bonds. The summed E-state index contributed by atoms with van der Waals surface area (Å²) in [7, 11) is 0. The number of amides is 1. The van der Waals surface area contributed by atoms with Gasteiger partial charge in [0.1, 0.15) is 11.6 Å². The van der Waals surface area contributed by atoms with Gasteiger partial charge in [-0.2, -0.15) is 5.26 Å². The number of allylic oxidation sites excluding steroid dienone is 3. The Morgan fingerprint density at radius 3 is 2.67 bits per heavy atom. The van der Waals surface area contributed by atoms with Gasteiger partial charge in [0.2, 0.25) is 5.91 Å². The normalized spacial score (nSPS) is 12.4. The van der Waals surface area contributed by atoms with E-state index < -0.39 is 18.0 Å². The zero-order chi connectivity index (χ0) is 20.3. The second kappa shape index (κ2) is 10.8. The molecule has 1 aromatic rings. The van der Waals surface area contributed by atoms with E-state index in [1.807, 2.05) is 6.07 Å². The Bertz CT molecular complexity index is 737. The maximum Gasteiger partial charge on any atom is 0.573 e. The third-order valence-electron chi connectivity index (χ3n) is 3.26. The highest BCUT2D eigenvalue weighted by Gasteiger charge is 2.31. The van der Waals surface area contributed by atoms with Crippen LogP contribution in [-0.2, 0) is 11.2 Å². The van der Waals surface area contributed by atoms with Gasteiger partial charge in [-0.25, -0.2) is 0 Å². The van der Waals surface area contributed by atoms with Crippen molar-refractivity contribution in [1.29, 1.82) is 5.26 Å². The van der Waals surface area contributed by atoms with Crippen molar-refractivity contribution in [2.24, 2.45) is 11.5 Å². The average Bonchev–Trinajstić information content (AvgIpc) is 2.55. The van der Waals surface area contributed by atoms with E-state index in [0.29, 0.717) is 24.1 Å². The van der Waals surface area contributed by atoms with Gasteiger partial charge in [-0.3, -0.25) is 4.79 Å². The van der Waals surface area contributed by atoms with Crippen LogP contribution >= 0.6 is 0 Å². The standard InChI is InChI=1S/C18H21F3N4O2/c19-18(20,21)27-15-7-4-5-13(11-15)12-17(26)25-16(24)9-8-14(23)6-2-1-3-10-22/h4-5,7-9,11H,1-3,6,12,23-24H2,(H,25,26)/b14-8-,16-9+. The minimum absolute atomic E-state index is 0.0580. The van der Waals surface area contributed by atoms with E-state index in [4.69, 9.17) is 16.7 Å². The second-order valence-electron chi connectivity index (χ2n) is 5.65. The molecule has 0 atom stereocenters. The van der Waals surface area contributed by atoms with Crippen molar-refractivity contribution in [2.75, 3.05) is 0 Å². The van der Waals surface area contributed by atoms with Gasteiger partial charge in [0.05, 0.1) is 12.5 Å². The fourth-order valence-electron chi connectivity index (χ4n) is 2.10. The molecule has 0 unspecified atom stereocenters. The Morgan fingerprint density at radius 1 is 1.26 bits per heavy atom. The molecule has 0 saturated heterocycles. The molecular weight excluding hydrogens is 361 g/mol. The maximum atomic E-state index is 12.2. The van der Waals surface area contributed by atoms with Crippen LogP contribution in [0.4, 0.5) is 13.2 Å². The van der Waals surface area contributed by atoms with Crippen molar-refractivity contribution in [3.8, 4) is 11.8 Å². The predicted octanol–water partition coefficient (Wildman–Crippen LogP) is 2.97. The molecule has 0 heterocycles. The Labute approximate surface area is 155 Å². The number of nitrogens with one attached hydrogen (secondary N) is 1. The molecule has 0 spiro atoms. The number of carbonyl (C=O) groups excluding carboxylic acids is 1. The zero-order valence-electron chi connectivity index (χ0n) is 14.6. The van der Waals surface area contributed by atoms with Gasteiger partial charge in [-0.1, -0.05) is 12.1 Å². The monoisotopic (exact) mass is 382 g/mol. The summed E-state index contributed by atoms with van der Waals surface area (Å²) in [6.45, 7) is 0. The van der Waals surface area contributed by atoms with Crippen molar-refractivity contribution in [3.05, 3.63) is 53.5 Å². The second-order valence-corrected chi connectivity index (χ2v) is 5.65. The highest BCUT2D eigenvalue weighted by atomic mass is 19.4. The number of nitriles is 1. The van der Waals surface area contributed by atoms with Gasteiger partial charge in [-0.05, 0) is 49.1 Å². The van der Waals surface area contributed by atoms with Crippen LogP contribution in [0.3, 0.4) is 0 Å². The molecule has 0 aromatic heterocycles. The Morgan fingerprint density at radius 2 is 2.00 bits per heavy atom. The molecule has 5 N–H and O–H groups in total. The van der Waals surface area contributed by atoms with E-state index in [1.54, 1.807) is 6.08 Å². The molecule has 0 aliphatic heterocycles. The van der Waals surface area contributed by atoms with Crippen LogP contribution in [0, 0.1) is 11.3 Å². The van der Waals surface area contributed by atoms with E-state index in [-0.39, 0.29) is 12.2 Å². The first-order valence-corrected chi connectivity index (χ1v) is 8.13. The number of ether oxygens (including phenoxy) is 1. The summed E-state index contributed by atoms with van der Waals surface area (Å²) in [6.07, 6.45) is 0.610. The molecule has 0 aliphatic rings. The number of hydrogen-bond donors (Lipinski definition) is 3. The van der Waals surface area contributed by atoms with E-state index in [9.17, 15) is 18.0 Å². The molecule has 0 saturated carbocycles. The molecule has 146 valence electrons. The molecule has 27 heavy (non-hydrogen) atoms.